The lowest BCUT2D eigenvalue weighted by molar-refractivity contribution is 0.200. The fourth-order valence-corrected chi connectivity index (χ4v) is 2.72. The molecule has 1 unspecified atom stereocenters. The Kier molecular flexibility index (Phi) is 5.59. The minimum Gasteiger partial charge on any atom is -0.494 e. The van der Waals surface area contributed by atoms with Crippen molar-refractivity contribution in [3.05, 3.63) is 59.7 Å². The predicted octanol–water partition coefficient (Wildman–Crippen LogP) is 3.67. The SMILES string of the molecule is COc1ccc(CC(O)CSc2ccc(F)cc2)cc1F. The van der Waals surface area contributed by atoms with Crippen molar-refractivity contribution in [1.29, 1.82) is 0 Å². The van der Waals surface area contributed by atoms with Crippen LogP contribution in [0.25, 0.3) is 0 Å². The Morgan fingerprint density at radius 2 is 1.86 bits per heavy atom. The van der Waals surface area contributed by atoms with Crippen LogP contribution < -0.4 is 4.74 Å². The van der Waals surface area contributed by atoms with E-state index in [1.54, 1.807) is 24.3 Å². The summed E-state index contributed by atoms with van der Waals surface area (Å²) in [6.45, 7) is 0. The van der Waals surface area contributed by atoms with Crippen LogP contribution in [0.4, 0.5) is 8.78 Å². The second-order valence-electron chi connectivity index (χ2n) is 4.59. The number of thioether (sulfide) groups is 1. The molecule has 2 aromatic rings. The molecule has 2 nitrogen and oxygen atoms in total. The average Bonchev–Trinajstić information content (AvgIpc) is 2.47. The van der Waals surface area contributed by atoms with Gasteiger partial charge in [-0.25, -0.2) is 8.78 Å². The molecule has 0 bridgehead atoms. The van der Waals surface area contributed by atoms with Gasteiger partial charge in [-0.2, -0.15) is 0 Å². The van der Waals surface area contributed by atoms with E-state index in [0.717, 1.165) is 4.90 Å². The number of rotatable bonds is 6. The maximum absolute atomic E-state index is 13.5. The molecule has 0 amide bonds. The Morgan fingerprint density at radius 1 is 1.14 bits per heavy atom. The molecule has 0 saturated heterocycles. The molecule has 0 heterocycles. The van der Waals surface area contributed by atoms with E-state index in [1.807, 2.05) is 0 Å². The van der Waals surface area contributed by atoms with Crippen LogP contribution in [0.2, 0.25) is 0 Å². The number of ether oxygens (including phenoxy) is 1. The van der Waals surface area contributed by atoms with Gasteiger partial charge in [-0.15, -0.1) is 11.8 Å². The Hall–Kier alpha value is -1.59. The number of aliphatic hydroxyl groups is 1. The Labute approximate surface area is 126 Å². The van der Waals surface area contributed by atoms with Gasteiger partial charge < -0.3 is 9.84 Å². The van der Waals surface area contributed by atoms with Gasteiger partial charge in [0.1, 0.15) is 5.82 Å². The highest BCUT2D eigenvalue weighted by atomic mass is 32.2. The summed E-state index contributed by atoms with van der Waals surface area (Å²) in [6.07, 6.45) is -0.248. The molecule has 1 N–H and O–H groups in total. The first kappa shape index (κ1) is 15.8. The molecular weight excluding hydrogens is 294 g/mol. The molecule has 0 aliphatic carbocycles. The van der Waals surface area contributed by atoms with Gasteiger partial charge in [0.15, 0.2) is 11.6 Å². The quantitative estimate of drug-likeness (QED) is 0.826. The summed E-state index contributed by atoms with van der Waals surface area (Å²) in [5.41, 5.74) is 0.709. The van der Waals surface area contributed by atoms with Gasteiger partial charge >= 0.3 is 0 Å². The van der Waals surface area contributed by atoms with Crippen LogP contribution in [-0.2, 0) is 6.42 Å². The molecule has 112 valence electrons. The first-order chi connectivity index (χ1) is 10.1. The molecule has 0 aliphatic heterocycles. The van der Waals surface area contributed by atoms with Crippen molar-refractivity contribution < 1.29 is 18.6 Å². The smallest absolute Gasteiger partial charge is 0.165 e. The van der Waals surface area contributed by atoms with E-state index in [9.17, 15) is 13.9 Å². The zero-order chi connectivity index (χ0) is 15.2. The van der Waals surface area contributed by atoms with Gasteiger partial charge in [0, 0.05) is 10.6 Å². The highest BCUT2D eigenvalue weighted by Crippen LogP contribution is 2.22. The van der Waals surface area contributed by atoms with E-state index < -0.39 is 11.9 Å². The van der Waals surface area contributed by atoms with Gasteiger partial charge in [-0.05, 0) is 48.4 Å². The summed E-state index contributed by atoms with van der Waals surface area (Å²) in [4.78, 5) is 0.886. The van der Waals surface area contributed by atoms with Gasteiger partial charge in [0.2, 0.25) is 0 Å². The number of hydrogen-bond acceptors (Lipinski definition) is 3. The zero-order valence-electron chi connectivity index (χ0n) is 11.6. The highest BCUT2D eigenvalue weighted by Gasteiger charge is 2.09. The van der Waals surface area contributed by atoms with Crippen LogP contribution in [0.3, 0.4) is 0 Å². The fourth-order valence-electron chi connectivity index (χ4n) is 1.89. The lowest BCUT2D eigenvalue weighted by Crippen LogP contribution is -2.13. The minimum absolute atomic E-state index is 0.189. The molecular formula is C16H16F2O2S. The summed E-state index contributed by atoms with van der Waals surface area (Å²) in [5, 5.41) is 9.99. The lowest BCUT2D eigenvalue weighted by atomic mass is 10.1. The van der Waals surface area contributed by atoms with Crippen molar-refractivity contribution in [1.82, 2.24) is 0 Å². The number of hydrogen-bond donors (Lipinski definition) is 1. The number of halogens is 2. The monoisotopic (exact) mass is 310 g/mol. The highest BCUT2D eigenvalue weighted by molar-refractivity contribution is 7.99. The maximum atomic E-state index is 13.5. The van der Waals surface area contributed by atoms with E-state index in [-0.39, 0.29) is 11.6 Å². The summed E-state index contributed by atoms with van der Waals surface area (Å²) < 4.78 is 31.2. The molecule has 0 aliphatic rings. The minimum atomic E-state index is -0.604. The first-order valence-electron chi connectivity index (χ1n) is 6.47. The normalized spacial score (nSPS) is 12.2. The lowest BCUT2D eigenvalue weighted by Gasteiger charge is -2.11. The van der Waals surface area contributed by atoms with Gasteiger partial charge in [-0.3, -0.25) is 0 Å². The van der Waals surface area contributed by atoms with Gasteiger partial charge in [0.05, 0.1) is 13.2 Å². The topological polar surface area (TPSA) is 29.5 Å². The molecule has 5 heteroatoms. The van der Waals surface area contributed by atoms with Crippen molar-refractivity contribution in [2.45, 2.75) is 17.4 Å². The number of benzene rings is 2. The van der Waals surface area contributed by atoms with Crippen LogP contribution in [0, 0.1) is 11.6 Å². The fraction of sp³-hybridized carbons (Fsp3) is 0.250. The van der Waals surface area contributed by atoms with E-state index >= 15 is 0 Å². The van der Waals surface area contributed by atoms with Crippen molar-refractivity contribution in [2.75, 3.05) is 12.9 Å². The average molecular weight is 310 g/mol. The summed E-state index contributed by atoms with van der Waals surface area (Å²) in [6, 6.07) is 10.7. The third kappa shape index (κ3) is 4.72. The standard InChI is InChI=1S/C16H16F2O2S/c1-20-16-7-2-11(9-15(16)18)8-13(19)10-21-14-5-3-12(17)4-6-14/h2-7,9,13,19H,8,10H2,1H3. The van der Waals surface area contributed by atoms with E-state index in [2.05, 4.69) is 0 Å². The van der Waals surface area contributed by atoms with Crippen molar-refractivity contribution in [3.63, 3.8) is 0 Å². The van der Waals surface area contributed by atoms with E-state index in [1.165, 1.54) is 37.1 Å². The Balaban J connectivity index is 1.88. The number of methoxy groups -OCH3 is 1. The van der Waals surface area contributed by atoms with Gasteiger partial charge in [0.25, 0.3) is 0 Å². The molecule has 0 aromatic heterocycles. The zero-order valence-corrected chi connectivity index (χ0v) is 12.4. The molecule has 0 radical (unpaired) electrons. The predicted molar refractivity (Wildman–Crippen MR) is 79.8 cm³/mol. The van der Waals surface area contributed by atoms with Gasteiger partial charge in [-0.1, -0.05) is 6.07 Å². The molecule has 0 fully saturated rings. The summed E-state index contributed by atoms with van der Waals surface area (Å²) >= 11 is 1.43. The Bertz CT molecular complexity index is 587. The third-order valence-electron chi connectivity index (χ3n) is 2.94. The summed E-state index contributed by atoms with van der Waals surface area (Å²) in [5.74, 6) is -0.0739. The molecule has 2 rings (SSSR count). The van der Waals surface area contributed by atoms with Crippen LogP contribution >= 0.6 is 11.8 Å². The van der Waals surface area contributed by atoms with Crippen LogP contribution in [0.15, 0.2) is 47.4 Å². The van der Waals surface area contributed by atoms with Crippen LogP contribution in [0.1, 0.15) is 5.56 Å². The molecule has 0 saturated carbocycles. The van der Waals surface area contributed by atoms with Crippen molar-refractivity contribution in [2.24, 2.45) is 0 Å². The van der Waals surface area contributed by atoms with E-state index in [0.29, 0.717) is 17.7 Å². The molecule has 21 heavy (non-hydrogen) atoms. The Morgan fingerprint density at radius 3 is 2.48 bits per heavy atom. The van der Waals surface area contributed by atoms with Crippen LogP contribution in [-0.4, -0.2) is 24.1 Å². The first-order valence-corrected chi connectivity index (χ1v) is 7.46. The molecule has 2 aromatic carbocycles. The maximum Gasteiger partial charge on any atom is 0.165 e. The van der Waals surface area contributed by atoms with Crippen molar-refractivity contribution in [3.8, 4) is 5.75 Å². The van der Waals surface area contributed by atoms with E-state index in [4.69, 9.17) is 4.74 Å². The van der Waals surface area contributed by atoms with Crippen molar-refractivity contribution >= 4 is 11.8 Å². The second kappa shape index (κ2) is 7.43. The summed E-state index contributed by atoms with van der Waals surface area (Å²) in [7, 11) is 1.41. The number of aliphatic hydroxyl groups excluding tert-OH is 1. The third-order valence-corrected chi connectivity index (χ3v) is 4.10. The molecule has 0 spiro atoms. The molecule has 1 atom stereocenters. The van der Waals surface area contributed by atoms with Crippen LogP contribution in [0.5, 0.6) is 5.75 Å². The second-order valence-corrected chi connectivity index (χ2v) is 5.69. The largest absolute Gasteiger partial charge is 0.494 e.